The van der Waals surface area contributed by atoms with E-state index in [1.54, 1.807) is 6.92 Å². The van der Waals surface area contributed by atoms with E-state index < -0.39 is 21.8 Å². The molecular formula is C4H8NNaO4S. The van der Waals surface area contributed by atoms with Crippen LogP contribution < -0.4 is 34.9 Å². The van der Waals surface area contributed by atoms with Crippen LogP contribution in [0.15, 0.2) is 0 Å². The molecule has 0 saturated carbocycles. The quantitative estimate of drug-likeness (QED) is 0.359. The molecule has 5 nitrogen and oxygen atoms in total. The van der Waals surface area contributed by atoms with Gasteiger partial charge in [-0.1, -0.05) is 0 Å². The van der Waals surface area contributed by atoms with Crippen molar-refractivity contribution in [3.63, 3.8) is 0 Å². The standard InChI is InChI=1S/C4H9NO4S.Na/c1-2-5-4(6)3-10(7,8)9;/h2-3H2,1H3,(H,5,6)(H,7,8,9);/q;+1/p-1. The van der Waals surface area contributed by atoms with Gasteiger partial charge in [0, 0.05) is 6.54 Å². The van der Waals surface area contributed by atoms with Gasteiger partial charge in [0.15, 0.2) is 0 Å². The van der Waals surface area contributed by atoms with E-state index in [0.717, 1.165) is 0 Å². The van der Waals surface area contributed by atoms with Gasteiger partial charge >= 0.3 is 29.6 Å². The summed E-state index contributed by atoms with van der Waals surface area (Å²) in [5, 5.41) is 2.18. The second-order valence-electron chi connectivity index (χ2n) is 1.66. The predicted octanol–water partition coefficient (Wildman–Crippen LogP) is -4.33. The molecule has 0 bridgehead atoms. The molecule has 0 unspecified atom stereocenters. The average molecular weight is 189 g/mol. The van der Waals surface area contributed by atoms with E-state index in [9.17, 15) is 17.8 Å². The largest absolute Gasteiger partial charge is 1.00 e. The zero-order chi connectivity index (χ0) is 8.20. The number of hydrogen-bond donors (Lipinski definition) is 1. The van der Waals surface area contributed by atoms with Gasteiger partial charge in [0.1, 0.15) is 15.9 Å². The molecule has 0 radical (unpaired) electrons. The van der Waals surface area contributed by atoms with Crippen molar-refractivity contribution in [2.75, 3.05) is 12.3 Å². The maximum atomic E-state index is 10.4. The molecule has 0 rings (SSSR count). The van der Waals surface area contributed by atoms with Crippen LogP contribution in [0.3, 0.4) is 0 Å². The van der Waals surface area contributed by atoms with Gasteiger partial charge in [-0.05, 0) is 6.92 Å². The number of carbonyl (C=O) groups is 1. The minimum Gasteiger partial charge on any atom is -0.748 e. The SMILES string of the molecule is CCNC(=O)CS(=O)(=O)[O-].[Na+]. The van der Waals surface area contributed by atoms with E-state index in [-0.39, 0.29) is 29.6 Å². The van der Waals surface area contributed by atoms with Crippen molar-refractivity contribution >= 4 is 16.0 Å². The molecule has 7 heteroatoms. The van der Waals surface area contributed by atoms with Crippen LogP contribution in [0.25, 0.3) is 0 Å². The molecule has 11 heavy (non-hydrogen) atoms. The molecule has 60 valence electrons. The van der Waals surface area contributed by atoms with Crippen molar-refractivity contribution in [3.05, 3.63) is 0 Å². The molecule has 0 aromatic rings. The first-order valence-corrected chi connectivity index (χ1v) is 4.23. The normalized spacial score (nSPS) is 10.0. The zero-order valence-corrected chi connectivity index (χ0v) is 9.27. The summed E-state index contributed by atoms with van der Waals surface area (Å²) in [7, 11) is -4.41. The first-order valence-electron chi connectivity index (χ1n) is 2.66. The topological polar surface area (TPSA) is 86.3 Å². The molecule has 0 spiro atoms. The van der Waals surface area contributed by atoms with Gasteiger partial charge in [0.05, 0.1) is 0 Å². The Hall–Kier alpha value is 0.380. The predicted molar refractivity (Wildman–Crippen MR) is 33.2 cm³/mol. The molecule has 0 atom stereocenters. The van der Waals surface area contributed by atoms with Gasteiger partial charge in [-0.15, -0.1) is 0 Å². The minimum atomic E-state index is -4.41. The second kappa shape index (κ2) is 5.96. The van der Waals surface area contributed by atoms with Crippen LogP contribution in [-0.2, 0) is 14.9 Å². The summed E-state index contributed by atoms with van der Waals surface area (Å²) in [6.07, 6.45) is 0. The molecule has 0 aliphatic rings. The van der Waals surface area contributed by atoms with Crippen molar-refractivity contribution in [1.82, 2.24) is 5.32 Å². The van der Waals surface area contributed by atoms with E-state index in [0.29, 0.717) is 6.54 Å². The van der Waals surface area contributed by atoms with Crippen molar-refractivity contribution in [2.24, 2.45) is 0 Å². The van der Waals surface area contributed by atoms with Gasteiger partial charge in [0.25, 0.3) is 0 Å². The van der Waals surface area contributed by atoms with Gasteiger partial charge in [-0.25, -0.2) is 8.42 Å². The number of rotatable bonds is 3. The van der Waals surface area contributed by atoms with Gasteiger partial charge < -0.3 is 9.87 Å². The molecule has 0 fully saturated rings. The van der Waals surface area contributed by atoms with E-state index >= 15 is 0 Å². The molecule has 1 N–H and O–H groups in total. The van der Waals surface area contributed by atoms with Gasteiger partial charge in [-0.2, -0.15) is 0 Å². The fraction of sp³-hybridized carbons (Fsp3) is 0.750. The van der Waals surface area contributed by atoms with Crippen LogP contribution in [0.1, 0.15) is 6.92 Å². The third-order valence-corrected chi connectivity index (χ3v) is 1.30. The van der Waals surface area contributed by atoms with Crippen LogP contribution >= 0.6 is 0 Å². The molecule has 0 aliphatic heterocycles. The van der Waals surface area contributed by atoms with Crippen molar-refractivity contribution in [3.8, 4) is 0 Å². The summed E-state index contributed by atoms with van der Waals surface area (Å²) >= 11 is 0. The summed E-state index contributed by atoms with van der Waals surface area (Å²) in [5.74, 6) is -1.72. The second-order valence-corrected chi connectivity index (χ2v) is 3.06. The number of nitrogens with one attached hydrogen (secondary N) is 1. The number of carbonyl (C=O) groups excluding carboxylic acids is 1. The van der Waals surface area contributed by atoms with Crippen molar-refractivity contribution < 1.29 is 47.3 Å². The Morgan fingerprint density at radius 2 is 2.00 bits per heavy atom. The monoisotopic (exact) mass is 189 g/mol. The van der Waals surface area contributed by atoms with Crippen LogP contribution in [0.2, 0.25) is 0 Å². The molecule has 0 aromatic carbocycles. The van der Waals surface area contributed by atoms with Gasteiger partial charge in [-0.3, -0.25) is 4.79 Å². The van der Waals surface area contributed by atoms with Gasteiger partial charge in [0.2, 0.25) is 5.91 Å². The van der Waals surface area contributed by atoms with Crippen LogP contribution in [0, 0.1) is 0 Å². The maximum absolute atomic E-state index is 10.4. The van der Waals surface area contributed by atoms with E-state index in [1.165, 1.54) is 0 Å². The maximum Gasteiger partial charge on any atom is 1.00 e. The Kier molecular flexibility index (Phi) is 7.55. The fourth-order valence-electron chi connectivity index (χ4n) is 0.409. The molecule has 0 aliphatic carbocycles. The Morgan fingerprint density at radius 3 is 2.27 bits per heavy atom. The smallest absolute Gasteiger partial charge is 0.748 e. The average Bonchev–Trinajstić information content (AvgIpc) is 1.59. The Bertz CT molecular complexity index is 212. The van der Waals surface area contributed by atoms with Crippen LogP contribution in [-0.4, -0.2) is 31.2 Å². The molecule has 0 aromatic heterocycles. The number of amides is 1. The third kappa shape index (κ3) is 10.4. The molecule has 0 saturated heterocycles. The minimum absolute atomic E-state index is 0. The zero-order valence-electron chi connectivity index (χ0n) is 6.46. The third-order valence-electron chi connectivity index (χ3n) is 0.682. The first kappa shape index (κ1) is 13.9. The summed E-state index contributed by atoms with van der Waals surface area (Å²) in [6.45, 7) is 1.96. The van der Waals surface area contributed by atoms with E-state index in [2.05, 4.69) is 5.32 Å². The Labute approximate surface area is 87.6 Å². The van der Waals surface area contributed by atoms with Crippen molar-refractivity contribution in [2.45, 2.75) is 6.92 Å². The Morgan fingerprint density at radius 1 is 1.55 bits per heavy atom. The summed E-state index contributed by atoms with van der Waals surface area (Å²) < 4.78 is 29.7. The molecular weight excluding hydrogens is 181 g/mol. The Balaban J connectivity index is 0. The van der Waals surface area contributed by atoms with Crippen LogP contribution in [0.4, 0.5) is 0 Å². The summed E-state index contributed by atoms with van der Waals surface area (Å²) in [6, 6.07) is 0. The van der Waals surface area contributed by atoms with E-state index in [1.807, 2.05) is 0 Å². The van der Waals surface area contributed by atoms with Crippen LogP contribution in [0.5, 0.6) is 0 Å². The molecule has 1 amide bonds. The molecule has 0 heterocycles. The summed E-state index contributed by atoms with van der Waals surface area (Å²) in [5.41, 5.74) is 0. The van der Waals surface area contributed by atoms with E-state index in [4.69, 9.17) is 0 Å². The summed E-state index contributed by atoms with van der Waals surface area (Å²) in [4.78, 5) is 10.4. The first-order chi connectivity index (χ1) is 4.45. The van der Waals surface area contributed by atoms with Crippen molar-refractivity contribution in [1.29, 1.82) is 0 Å². The number of hydrogen-bond acceptors (Lipinski definition) is 4. The fourth-order valence-corrected chi connectivity index (χ4v) is 0.832.